The molecule has 1 aromatic heterocycles. The van der Waals surface area contributed by atoms with Crippen molar-refractivity contribution in [1.29, 1.82) is 0 Å². The second-order valence-electron chi connectivity index (χ2n) is 10.3. The lowest BCUT2D eigenvalue weighted by molar-refractivity contribution is 0.243. The number of aliphatic hydroxyl groups is 1. The van der Waals surface area contributed by atoms with Gasteiger partial charge in [0.1, 0.15) is 11.6 Å². The number of thiol groups is 1. The molecule has 0 saturated heterocycles. The summed E-state index contributed by atoms with van der Waals surface area (Å²) >= 11 is 6.77. The van der Waals surface area contributed by atoms with E-state index in [1.165, 1.54) is 34.8 Å². The molecule has 6 heteroatoms. The molecule has 3 aromatic carbocycles. The fraction of sp³-hybridized carbons (Fsp3) is 0.387. The Kier molecular flexibility index (Phi) is 8.13. The molecule has 1 aliphatic carbocycles. The van der Waals surface area contributed by atoms with Crippen LogP contribution in [0, 0.1) is 5.92 Å². The Hall–Kier alpha value is -2.47. The molecule has 2 unspecified atom stereocenters. The van der Waals surface area contributed by atoms with E-state index in [1.807, 2.05) is 44.2 Å². The van der Waals surface area contributed by atoms with E-state index in [0.717, 1.165) is 39.7 Å². The number of hydrogen-bond acceptors (Lipinski definition) is 3. The van der Waals surface area contributed by atoms with Crippen LogP contribution in [0.2, 0.25) is 5.02 Å². The van der Waals surface area contributed by atoms with Gasteiger partial charge in [-0.2, -0.15) is 0 Å². The van der Waals surface area contributed by atoms with Crippen molar-refractivity contribution >= 4 is 33.5 Å². The standard InChI is InChI=1S/C31H37ClN2O2S/c1-4-37(19-21-9-10-21)23-13-11-22(12-14-23)24(15-16-35)31-33-28-17-26(27(32)18-29(28)34-31)25-7-5-6-8-30(25)36-20(2)3/h5-8,11-14,17-18,20-21,24,35,37H,4,9-10,15-16,19H2,1-3H3,(H,33,34). The predicted molar refractivity (Wildman–Crippen MR) is 158 cm³/mol. The molecular formula is C31H37ClN2O2S. The van der Waals surface area contributed by atoms with Crippen LogP contribution in [0.4, 0.5) is 0 Å². The highest BCUT2D eigenvalue weighted by Gasteiger charge is 2.24. The second kappa shape index (κ2) is 11.5. The van der Waals surface area contributed by atoms with Gasteiger partial charge >= 0.3 is 0 Å². The summed E-state index contributed by atoms with van der Waals surface area (Å²) in [6.45, 7) is 6.46. The van der Waals surface area contributed by atoms with E-state index in [9.17, 15) is 5.11 Å². The smallest absolute Gasteiger partial charge is 0.127 e. The van der Waals surface area contributed by atoms with Gasteiger partial charge in [0.2, 0.25) is 0 Å². The normalized spacial score (nSPS) is 15.8. The zero-order valence-corrected chi connectivity index (χ0v) is 23.5. The van der Waals surface area contributed by atoms with E-state index in [-0.39, 0.29) is 29.5 Å². The van der Waals surface area contributed by atoms with Crippen molar-refractivity contribution in [2.75, 3.05) is 18.1 Å². The molecule has 0 amide bonds. The summed E-state index contributed by atoms with van der Waals surface area (Å²) in [4.78, 5) is 9.94. The van der Waals surface area contributed by atoms with Gasteiger partial charge in [0.15, 0.2) is 0 Å². The summed E-state index contributed by atoms with van der Waals surface area (Å²) < 4.78 is 6.05. The molecule has 4 aromatic rings. The average molecular weight is 537 g/mol. The fourth-order valence-electron chi connectivity index (χ4n) is 5.01. The third-order valence-electron chi connectivity index (χ3n) is 7.09. The van der Waals surface area contributed by atoms with Crippen LogP contribution in [0.3, 0.4) is 0 Å². The quantitative estimate of drug-likeness (QED) is 0.170. The van der Waals surface area contributed by atoms with E-state index < -0.39 is 0 Å². The van der Waals surface area contributed by atoms with Crippen molar-refractivity contribution in [2.45, 2.75) is 57.0 Å². The molecule has 2 atom stereocenters. The third kappa shape index (κ3) is 6.00. The molecule has 1 fully saturated rings. The van der Waals surface area contributed by atoms with E-state index in [0.29, 0.717) is 11.4 Å². The van der Waals surface area contributed by atoms with E-state index >= 15 is 0 Å². The highest BCUT2D eigenvalue weighted by molar-refractivity contribution is 8.17. The van der Waals surface area contributed by atoms with Gasteiger partial charge in [-0.3, -0.25) is 0 Å². The van der Waals surface area contributed by atoms with Crippen molar-refractivity contribution < 1.29 is 9.84 Å². The molecular weight excluding hydrogens is 500 g/mol. The summed E-state index contributed by atoms with van der Waals surface area (Å²) in [5.74, 6) is 5.20. The molecule has 1 aliphatic rings. The molecule has 1 heterocycles. The maximum Gasteiger partial charge on any atom is 0.127 e. The number of aliphatic hydroxyl groups excluding tert-OH is 1. The highest BCUT2D eigenvalue weighted by atomic mass is 35.5. The summed E-state index contributed by atoms with van der Waals surface area (Å²) in [6.07, 6.45) is 3.48. The number of imidazole rings is 1. The van der Waals surface area contributed by atoms with Crippen LogP contribution in [0.1, 0.15) is 57.3 Å². The van der Waals surface area contributed by atoms with E-state index in [2.05, 4.69) is 42.2 Å². The number of benzene rings is 3. The van der Waals surface area contributed by atoms with Gasteiger partial charge in [0.05, 0.1) is 22.2 Å². The van der Waals surface area contributed by atoms with Crippen molar-refractivity contribution in [3.05, 3.63) is 77.1 Å². The van der Waals surface area contributed by atoms with Gasteiger partial charge in [0.25, 0.3) is 0 Å². The minimum absolute atomic E-state index is 0.0125. The molecule has 0 spiro atoms. The Morgan fingerprint density at radius 3 is 2.51 bits per heavy atom. The minimum Gasteiger partial charge on any atom is -0.490 e. The number of hydrogen-bond donors (Lipinski definition) is 3. The first-order valence-corrected chi connectivity index (χ1v) is 15.5. The van der Waals surface area contributed by atoms with Gasteiger partial charge in [-0.1, -0.05) is 61.0 Å². The number of halogens is 1. The zero-order valence-electron chi connectivity index (χ0n) is 21.9. The van der Waals surface area contributed by atoms with Crippen LogP contribution >= 0.6 is 22.5 Å². The minimum atomic E-state index is -0.0765. The lowest BCUT2D eigenvalue weighted by atomic mass is 9.95. The first kappa shape index (κ1) is 26.1. The van der Waals surface area contributed by atoms with E-state index in [4.69, 9.17) is 21.3 Å². The Balaban J connectivity index is 1.46. The Bertz CT molecular complexity index is 1350. The number of H-pyrrole nitrogens is 1. The molecule has 0 radical (unpaired) electrons. The van der Waals surface area contributed by atoms with Crippen molar-refractivity contribution in [3.63, 3.8) is 0 Å². The molecule has 1 saturated carbocycles. The van der Waals surface area contributed by atoms with Crippen LogP contribution in [0.5, 0.6) is 5.75 Å². The number of aromatic amines is 1. The monoisotopic (exact) mass is 536 g/mol. The summed E-state index contributed by atoms with van der Waals surface area (Å²) in [6, 6.07) is 21.0. The summed E-state index contributed by atoms with van der Waals surface area (Å²) in [5, 5.41) is 10.5. The molecule has 4 nitrogen and oxygen atoms in total. The second-order valence-corrected chi connectivity index (χ2v) is 13.3. The molecule has 196 valence electrons. The largest absolute Gasteiger partial charge is 0.490 e. The number of nitrogens with one attached hydrogen (secondary N) is 1. The Morgan fingerprint density at radius 2 is 1.84 bits per heavy atom. The van der Waals surface area contributed by atoms with Gasteiger partial charge in [-0.25, -0.2) is 15.9 Å². The lowest BCUT2D eigenvalue weighted by Crippen LogP contribution is -2.06. The maximum absolute atomic E-state index is 9.89. The van der Waals surface area contributed by atoms with Gasteiger partial charge in [-0.05, 0) is 79.2 Å². The first-order chi connectivity index (χ1) is 18.0. The van der Waals surface area contributed by atoms with Crippen molar-refractivity contribution in [1.82, 2.24) is 9.97 Å². The maximum atomic E-state index is 9.89. The molecule has 0 bridgehead atoms. The summed E-state index contributed by atoms with van der Waals surface area (Å²) in [7, 11) is -0.0765. The Morgan fingerprint density at radius 1 is 1.08 bits per heavy atom. The van der Waals surface area contributed by atoms with Crippen molar-refractivity contribution in [3.8, 4) is 16.9 Å². The van der Waals surface area contributed by atoms with Crippen LogP contribution in [-0.4, -0.2) is 39.3 Å². The SMILES string of the molecule is CC[SH](CC1CC1)c1ccc(C(CCO)c2nc3cc(Cl)c(-c4ccccc4OC(C)C)cc3[nH]2)cc1. The van der Waals surface area contributed by atoms with Crippen molar-refractivity contribution in [2.24, 2.45) is 5.92 Å². The topological polar surface area (TPSA) is 58.1 Å². The van der Waals surface area contributed by atoms with Crippen LogP contribution in [-0.2, 0) is 0 Å². The number of fused-ring (bicyclic) bond motifs is 1. The predicted octanol–water partition coefficient (Wildman–Crippen LogP) is 7.97. The van der Waals surface area contributed by atoms with Crippen LogP contribution in [0.25, 0.3) is 22.2 Å². The number of aromatic nitrogens is 2. The number of para-hydroxylation sites is 1. The van der Waals surface area contributed by atoms with Gasteiger partial charge in [0, 0.05) is 23.7 Å². The molecule has 0 aliphatic heterocycles. The average Bonchev–Trinajstić information content (AvgIpc) is 3.63. The fourth-order valence-corrected chi connectivity index (χ4v) is 7.66. The van der Waals surface area contributed by atoms with Gasteiger partial charge < -0.3 is 14.8 Å². The van der Waals surface area contributed by atoms with E-state index in [1.54, 1.807) is 0 Å². The highest BCUT2D eigenvalue weighted by Crippen LogP contribution is 2.45. The molecule has 2 N–H and O–H groups in total. The summed E-state index contributed by atoms with van der Waals surface area (Å²) in [5.41, 5.74) is 4.79. The Labute approximate surface area is 227 Å². The first-order valence-electron chi connectivity index (χ1n) is 13.4. The number of ether oxygens (including phenoxy) is 1. The van der Waals surface area contributed by atoms with Gasteiger partial charge in [-0.15, -0.1) is 0 Å². The number of rotatable bonds is 11. The lowest BCUT2D eigenvalue weighted by Gasteiger charge is -2.21. The molecule has 37 heavy (non-hydrogen) atoms. The number of nitrogens with zero attached hydrogens (tertiary/aromatic N) is 1. The van der Waals surface area contributed by atoms with Crippen LogP contribution in [0.15, 0.2) is 65.6 Å². The third-order valence-corrected chi connectivity index (χ3v) is 10.2. The zero-order chi connectivity index (χ0) is 25.9. The van der Waals surface area contributed by atoms with Crippen LogP contribution < -0.4 is 4.74 Å². The molecule has 5 rings (SSSR count).